The van der Waals surface area contributed by atoms with Crippen molar-refractivity contribution in [2.75, 3.05) is 5.32 Å². The summed E-state index contributed by atoms with van der Waals surface area (Å²) in [6.45, 7) is 4.06. The first kappa shape index (κ1) is 18.5. The lowest BCUT2D eigenvalue weighted by molar-refractivity contribution is 0.102. The lowest BCUT2D eigenvalue weighted by atomic mass is 10.1. The summed E-state index contributed by atoms with van der Waals surface area (Å²) < 4.78 is 0. The number of hydrogen-bond acceptors (Lipinski definition) is 2. The number of para-hydroxylation sites is 1. The van der Waals surface area contributed by atoms with Gasteiger partial charge in [0.05, 0.1) is 16.8 Å². The van der Waals surface area contributed by atoms with Crippen molar-refractivity contribution >= 4 is 34.0 Å². The van der Waals surface area contributed by atoms with E-state index in [1.54, 1.807) is 6.07 Å². The van der Waals surface area contributed by atoms with E-state index < -0.39 is 0 Å². The van der Waals surface area contributed by atoms with Crippen LogP contribution in [0.2, 0.25) is 0 Å². The zero-order valence-electron chi connectivity index (χ0n) is 16.4. The maximum Gasteiger partial charge on any atom is 0.257 e. The fourth-order valence-corrected chi connectivity index (χ4v) is 3.34. The summed E-state index contributed by atoms with van der Waals surface area (Å²) in [6.07, 6.45) is 0. The largest absolute Gasteiger partial charge is 0.383 e. The summed E-state index contributed by atoms with van der Waals surface area (Å²) in [5.41, 5.74) is 12.0. The molecule has 5 nitrogen and oxygen atoms in total. The van der Waals surface area contributed by atoms with Crippen LogP contribution < -0.4 is 11.1 Å². The number of anilines is 1. The minimum absolute atomic E-state index is 0.172. The van der Waals surface area contributed by atoms with Crippen LogP contribution in [0.4, 0.5) is 11.4 Å². The van der Waals surface area contributed by atoms with Gasteiger partial charge in [0.25, 0.3) is 5.91 Å². The van der Waals surface area contributed by atoms with Crippen molar-refractivity contribution in [2.45, 2.75) is 13.8 Å². The molecule has 0 aliphatic heterocycles. The molecular formula is C24H22N4O. The third-order valence-electron chi connectivity index (χ3n) is 5.01. The summed E-state index contributed by atoms with van der Waals surface area (Å²) in [5, 5.41) is 4.02. The van der Waals surface area contributed by atoms with Crippen molar-refractivity contribution in [1.29, 1.82) is 0 Å². The minimum atomic E-state index is -0.172. The summed E-state index contributed by atoms with van der Waals surface area (Å²) in [7, 11) is 0. The molecule has 0 aliphatic rings. The van der Waals surface area contributed by atoms with Crippen molar-refractivity contribution in [1.82, 2.24) is 4.98 Å². The molecule has 0 atom stereocenters. The second-order valence-corrected chi connectivity index (χ2v) is 6.97. The molecule has 0 spiro atoms. The topological polar surface area (TPSA) is 83.3 Å². The van der Waals surface area contributed by atoms with Gasteiger partial charge in [-0.2, -0.15) is 0 Å². The molecule has 1 amide bonds. The van der Waals surface area contributed by atoms with Gasteiger partial charge in [0, 0.05) is 22.3 Å². The molecule has 4 aromatic rings. The molecule has 1 aromatic heterocycles. The number of carbonyl (C=O) groups excluding carboxylic acids is 1. The van der Waals surface area contributed by atoms with E-state index in [0.717, 1.165) is 27.7 Å². The van der Waals surface area contributed by atoms with Gasteiger partial charge in [0.2, 0.25) is 0 Å². The molecule has 1 heterocycles. The van der Waals surface area contributed by atoms with Crippen molar-refractivity contribution in [3.05, 3.63) is 95.2 Å². The van der Waals surface area contributed by atoms with Gasteiger partial charge in [-0.15, -0.1) is 0 Å². The maximum absolute atomic E-state index is 12.9. The van der Waals surface area contributed by atoms with Crippen LogP contribution in [0, 0.1) is 13.8 Å². The standard InChI is InChI=1S/C24H22N4O/c1-15-16(2)26-22-20(15)12-7-13-21(22)24(29)28-19-11-6-10-18(14-19)27-23(25)17-8-4-3-5-9-17/h3-14,26H,1-2H3,(H2,25,27)(H,28,29). The van der Waals surface area contributed by atoms with Crippen LogP contribution in [0.15, 0.2) is 77.8 Å². The number of aromatic nitrogens is 1. The third-order valence-corrected chi connectivity index (χ3v) is 5.01. The zero-order chi connectivity index (χ0) is 20.4. The van der Waals surface area contributed by atoms with Crippen molar-refractivity contribution in [3.8, 4) is 0 Å². The Kier molecular flexibility index (Phi) is 4.87. The van der Waals surface area contributed by atoms with Gasteiger partial charge in [-0.25, -0.2) is 4.99 Å². The predicted octanol–water partition coefficient (Wildman–Crippen LogP) is 5.07. The number of nitrogens with two attached hydrogens (primary N) is 1. The van der Waals surface area contributed by atoms with Gasteiger partial charge in [-0.3, -0.25) is 4.79 Å². The van der Waals surface area contributed by atoms with E-state index in [0.29, 0.717) is 22.8 Å². The molecule has 0 unspecified atom stereocenters. The van der Waals surface area contributed by atoms with E-state index in [1.807, 2.05) is 73.7 Å². The molecule has 0 saturated carbocycles. The number of rotatable bonds is 4. The Morgan fingerprint density at radius 3 is 2.52 bits per heavy atom. The molecule has 0 fully saturated rings. The van der Waals surface area contributed by atoms with Crippen LogP contribution in [0.25, 0.3) is 10.9 Å². The smallest absolute Gasteiger partial charge is 0.257 e. The van der Waals surface area contributed by atoms with Gasteiger partial charge in [-0.1, -0.05) is 48.5 Å². The van der Waals surface area contributed by atoms with Gasteiger partial charge in [0.15, 0.2) is 0 Å². The second-order valence-electron chi connectivity index (χ2n) is 6.97. The molecule has 5 heteroatoms. The fourth-order valence-electron chi connectivity index (χ4n) is 3.34. The first-order valence-electron chi connectivity index (χ1n) is 9.42. The number of fused-ring (bicyclic) bond motifs is 1. The normalized spacial score (nSPS) is 11.6. The number of nitrogens with one attached hydrogen (secondary N) is 2. The number of nitrogens with zero attached hydrogens (tertiary/aromatic N) is 1. The Bertz CT molecular complexity index is 1220. The highest BCUT2D eigenvalue weighted by Gasteiger charge is 2.14. The molecule has 3 aromatic carbocycles. The molecule has 0 radical (unpaired) electrons. The van der Waals surface area contributed by atoms with E-state index >= 15 is 0 Å². The third kappa shape index (κ3) is 3.75. The quantitative estimate of drug-likeness (QED) is 0.340. The molecule has 0 aliphatic carbocycles. The van der Waals surface area contributed by atoms with Crippen LogP contribution in [0.1, 0.15) is 27.2 Å². The molecule has 4 N–H and O–H groups in total. The van der Waals surface area contributed by atoms with Gasteiger partial charge >= 0.3 is 0 Å². The van der Waals surface area contributed by atoms with Crippen molar-refractivity contribution < 1.29 is 4.79 Å². The van der Waals surface area contributed by atoms with Crippen LogP contribution in [-0.2, 0) is 0 Å². The van der Waals surface area contributed by atoms with E-state index in [4.69, 9.17) is 5.73 Å². The zero-order valence-corrected chi connectivity index (χ0v) is 16.4. The molecule has 0 saturated heterocycles. The van der Waals surface area contributed by atoms with Crippen LogP contribution >= 0.6 is 0 Å². The average Bonchev–Trinajstić information content (AvgIpc) is 3.03. The predicted molar refractivity (Wildman–Crippen MR) is 119 cm³/mol. The number of aryl methyl sites for hydroxylation is 2. The summed E-state index contributed by atoms with van der Waals surface area (Å²) in [4.78, 5) is 20.7. The fraction of sp³-hybridized carbons (Fsp3) is 0.0833. The first-order valence-corrected chi connectivity index (χ1v) is 9.42. The SMILES string of the molecule is Cc1[nH]c2c(C(=O)Nc3cccc(N=C(N)c4ccccc4)c3)cccc2c1C. The van der Waals surface area contributed by atoms with Crippen LogP contribution in [-0.4, -0.2) is 16.7 Å². The summed E-state index contributed by atoms with van der Waals surface area (Å²) >= 11 is 0. The Morgan fingerprint density at radius 1 is 0.966 bits per heavy atom. The molecule has 4 rings (SSSR count). The van der Waals surface area contributed by atoms with Crippen molar-refractivity contribution in [3.63, 3.8) is 0 Å². The Hall–Kier alpha value is -3.86. The Balaban J connectivity index is 1.60. The molecule has 0 bridgehead atoms. The number of amides is 1. The highest BCUT2D eigenvalue weighted by molar-refractivity contribution is 6.12. The monoisotopic (exact) mass is 382 g/mol. The summed E-state index contributed by atoms with van der Waals surface area (Å²) in [5.74, 6) is 0.255. The molecule has 144 valence electrons. The first-order chi connectivity index (χ1) is 14.0. The van der Waals surface area contributed by atoms with Gasteiger partial charge in [-0.05, 0) is 43.7 Å². The number of benzene rings is 3. The van der Waals surface area contributed by atoms with E-state index in [9.17, 15) is 4.79 Å². The van der Waals surface area contributed by atoms with Gasteiger partial charge in [0.1, 0.15) is 5.84 Å². The lowest BCUT2D eigenvalue weighted by Gasteiger charge is -2.08. The second kappa shape index (κ2) is 7.64. The van der Waals surface area contributed by atoms with Crippen LogP contribution in [0.3, 0.4) is 0 Å². The average molecular weight is 382 g/mol. The number of aliphatic imine (C=N–C) groups is 1. The minimum Gasteiger partial charge on any atom is -0.383 e. The number of carbonyl (C=O) groups is 1. The van der Waals surface area contributed by atoms with E-state index in [1.165, 1.54) is 0 Å². The number of hydrogen-bond donors (Lipinski definition) is 3. The highest BCUT2D eigenvalue weighted by atomic mass is 16.1. The van der Waals surface area contributed by atoms with E-state index in [-0.39, 0.29) is 5.91 Å². The molecule has 29 heavy (non-hydrogen) atoms. The van der Waals surface area contributed by atoms with E-state index in [2.05, 4.69) is 22.2 Å². The maximum atomic E-state index is 12.9. The summed E-state index contributed by atoms with van der Waals surface area (Å²) in [6, 6.07) is 22.7. The van der Waals surface area contributed by atoms with Gasteiger partial charge < -0.3 is 16.0 Å². The molecular weight excluding hydrogens is 360 g/mol. The Labute approximate surface area is 169 Å². The number of amidine groups is 1. The number of aromatic amines is 1. The lowest BCUT2D eigenvalue weighted by Crippen LogP contribution is -2.13. The van der Waals surface area contributed by atoms with Crippen molar-refractivity contribution in [2.24, 2.45) is 10.7 Å². The highest BCUT2D eigenvalue weighted by Crippen LogP contribution is 2.25. The Morgan fingerprint density at radius 2 is 1.72 bits per heavy atom. The van der Waals surface area contributed by atoms with Crippen LogP contribution in [0.5, 0.6) is 0 Å². The number of H-pyrrole nitrogens is 1.